The van der Waals surface area contributed by atoms with Crippen LogP contribution in [0.3, 0.4) is 0 Å². The first kappa shape index (κ1) is 13.5. The van der Waals surface area contributed by atoms with E-state index in [4.69, 9.17) is 0 Å². The van der Waals surface area contributed by atoms with Gasteiger partial charge in [0.15, 0.2) is 0 Å². The van der Waals surface area contributed by atoms with E-state index >= 15 is 0 Å². The van der Waals surface area contributed by atoms with Gasteiger partial charge in [-0.1, -0.05) is 63.9 Å². The summed E-state index contributed by atoms with van der Waals surface area (Å²) in [4.78, 5) is 0.655. The summed E-state index contributed by atoms with van der Waals surface area (Å²) in [6, 6.07) is 0. The average molecular weight is 249 g/mol. The van der Waals surface area contributed by atoms with E-state index in [9.17, 15) is 0 Å². The Bertz CT molecular complexity index is 136. The molecule has 0 amide bonds. The third-order valence-electron chi connectivity index (χ3n) is 2.32. The molecule has 0 aromatic carbocycles. The van der Waals surface area contributed by atoms with E-state index < -0.39 is 0 Å². The zero-order valence-electron chi connectivity index (χ0n) is 10.1. The second-order valence-electron chi connectivity index (χ2n) is 6.29. The van der Waals surface area contributed by atoms with Crippen LogP contribution in [0.1, 0.15) is 60.8 Å². The van der Waals surface area contributed by atoms with Crippen LogP contribution < -0.4 is 0 Å². The number of hydrogen-bond acceptors (Lipinski definition) is 0. The fraction of sp³-hybridized carbons (Fsp3) is 1.00. The van der Waals surface area contributed by atoms with E-state index in [0.29, 0.717) is 15.7 Å². The fourth-order valence-electron chi connectivity index (χ4n) is 1.24. The molecule has 0 rings (SSSR count). The third kappa shape index (κ3) is 7.54. The summed E-state index contributed by atoms with van der Waals surface area (Å²) in [6.07, 6.45) is 3.95. The molecule has 0 nitrogen and oxygen atoms in total. The van der Waals surface area contributed by atoms with Crippen LogP contribution in [-0.4, -0.2) is 4.83 Å². The second kappa shape index (κ2) is 4.82. The predicted octanol–water partition coefficient (Wildman–Crippen LogP) is 5.01. The van der Waals surface area contributed by atoms with Crippen LogP contribution in [0.4, 0.5) is 0 Å². The second-order valence-corrected chi connectivity index (χ2v) is 7.39. The van der Waals surface area contributed by atoms with Gasteiger partial charge in [-0.15, -0.1) is 0 Å². The summed E-state index contributed by atoms with van der Waals surface area (Å²) < 4.78 is 0. The predicted molar refractivity (Wildman–Crippen MR) is 65.5 cm³/mol. The number of hydrogen-bond donors (Lipinski definition) is 0. The van der Waals surface area contributed by atoms with Gasteiger partial charge in [0.05, 0.1) is 0 Å². The average Bonchev–Trinajstić information content (AvgIpc) is 1.82. The van der Waals surface area contributed by atoms with Crippen molar-refractivity contribution in [3.05, 3.63) is 0 Å². The van der Waals surface area contributed by atoms with Crippen molar-refractivity contribution in [2.45, 2.75) is 65.6 Å². The zero-order chi connectivity index (χ0) is 10.7. The maximum Gasteiger partial charge on any atom is 0.0194 e. The van der Waals surface area contributed by atoms with Crippen molar-refractivity contribution in [1.29, 1.82) is 0 Å². The van der Waals surface area contributed by atoms with Gasteiger partial charge in [0.1, 0.15) is 0 Å². The molecule has 1 atom stereocenters. The molecule has 0 spiro atoms. The minimum atomic E-state index is 0.401. The molecular formula is C12H25Br. The van der Waals surface area contributed by atoms with Gasteiger partial charge < -0.3 is 0 Å². The monoisotopic (exact) mass is 248 g/mol. The highest BCUT2D eigenvalue weighted by Crippen LogP contribution is 2.31. The molecule has 13 heavy (non-hydrogen) atoms. The molecular weight excluding hydrogens is 224 g/mol. The standard InChI is InChI=1S/C12H25Br/c1-11(2,3)9-7-8-10(13)12(4,5)6/h10H,7-9H2,1-6H3. The third-order valence-corrected chi connectivity index (χ3v) is 4.16. The quantitative estimate of drug-likeness (QED) is 0.616. The van der Waals surface area contributed by atoms with Gasteiger partial charge in [-0.25, -0.2) is 0 Å². The maximum absolute atomic E-state index is 3.77. The molecule has 0 aliphatic carbocycles. The van der Waals surface area contributed by atoms with Gasteiger partial charge in [0.25, 0.3) is 0 Å². The van der Waals surface area contributed by atoms with Gasteiger partial charge in [-0.2, -0.15) is 0 Å². The Morgan fingerprint density at radius 1 is 1.00 bits per heavy atom. The molecule has 0 saturated carbocycles. The van der Waals surface area contributed by atoms with Crippen LogP contribution in [0.25, 0.3) is 0 Å². The first-order valence-electron chi connectivity index (χ1n) is 5.27. The summed E-state index contributed by atoms with van der Waals surface area (Å²) in [5.74, 6) is 0. The first-order valence-corrected chi connectivity index (χ1v) is 6.18. The lowest BCUT2D eigenvalue weighted by Crippen LogP contribution is -2.20. The van der Waals surface area contributed by atoms with Crippen molar-refractivity contribution in [3.63, 3.8) is 0 Å². The molecule has 0 N–H and O–H groups in total. The highest BCUT2D eigenvalue weighted by molar-refractivity contribution is 9.09. The normalized spacial score (nSPS) is 15.9. The fourth-order valence-corrected chi connectivity index (χ4v) is 1.57. The molecule has 0 bridgehead atoms. The van der Waals surface area contributed by atoms with Crippen LogP contribution in [-0.2, 0) is 0 Å². The maximum atomic E-state index is 3.77. The Labute approximate surface area is 92.6 Å². The summed E-state index contributed by atoms with van der Waals surface area (Å²) >= 11 is 3.77. The molecule has 1 heteroatoms. The van der Waals surface area contributed by atoms with Crippen molar-refractivity contribution in [2.75, 3.05) is 0 Å². The van der Waals surface area contributed by atoms with Gasteiger partial charge in [0, 0.05) is 4.83 Å². The number of rotatable bonds is 3. The van der Waals surface area contributed by atoms with E-state index in [1.165, 1.54) is 19.3 Å². The van der Waals surface area contributed by atoms with Crippen molar-refractivity contribution < 1.29 is 0 Å². The lowest BCUT2D eigenvalue weighted by Gasteiger charge is -2.27. The van der Waals surface area contributed by atoms with Crippen molar-refractivity contribution in [2.24, 2.45) is 10.8 Å². The topological polar surface area (TPSA) is 0 Å². The molecule has 0 aromatic rings. The van der Waals surface area contributed by atoms with E-state index in [1.54, 1.807) is 0 Å². The SMILES string of the molecule is CC(C)(C)CCCC(Br)C(C)(C)C. The van der Waals surface area contributed by atoms with E-state index in [1.807, 2.05) is 0 Å². The largest absolute Gasteiger partial charge is 0.0885 e. The number of halogens is 1. The molecule has 1 unspecified atom stereocenters. The zero-order valence-corrected chi connectivity index (χ0v) is 11.7. The summed E-state index contributed by atoms with van der Waals surface area (Å²) in [6.45, 7) is 13.8. The Morgan fingerprint density at radius 3 is 1.77 bits per heavy atom. The smallest absolute Gasteiger partial charge is 0.0194 e. The van der Waals surface area contributed by atoms with Crippen LogP contribution >= 0.6 is 15.9 Å². The van der Waals surface area contributed by atoms with Gasteiger partial charge in [-0.3, -0.25) is 0 Å². The summed E-state index contributed by atoms with van der Waals surface area (Å²) in [5, 5.41) is 0. The molecule has 0 heterocycles. The Hall–Kier alpha value is 0.480. The lowest BCUT2D eigenvalue weighted by atomic mass is 9.85. The minimum absolute atomic E-state index is 0.401. The lowest BCUT2D eigenvalue weighted by molar-refractivity contribution is 0.328. The number of alkyl halides is 1. The van der Waals surface area contributed by atoms with Gasteiger partial charge in [0.2, 0.25) is 0 Å². The van der Waals surface area contributed by atoms with Gasteiger partial charge >= 0.3 is 0 Å². The Balaban J connectivity index is 3.67. The first-order chi connectivity index (χ1) is 5.63. The molecule has 0 aliphatic heterocycles. The minimum Gasteiger partial charge on any atom is -0.0885 e. The highest BCUT2D eigenvalue weighted by atomic mass is 79.9. The molecule has 80 valence electrons. The van der Waals surface area contributed by atoms with E-state index in [0.717, 1.165) is 0 Å². The van der Waals surface area contributed by atoms with Crippen LogP contribution in [0.2, 0.25) is 0 Å². The highest BCUT2D eigenvalue weighted by Gasteiger charge is 2.21. The van der Waals surface area contributed by atoms with Crippen LogP contribution in [0, 0.1) is 10.8 Å². The molecule has 0 radical (unpaired) electrons. The van der Waals surface area contributed by atoms with Gasteiger partial charge in [-0.05, 0) is 23.7 Å². The Morgan fingerprint density at radius 2 is 1.46 bits per heavy atom. The van der Waals surface area contributed by atoms with Crippen molar-refractivity contribution in [1.82, 2.24) is 0 Å². The molecule has 0 saturated heterocycles. The molecule has 0 aromatic heterocycles. The summed E-state index contributed by atoms with van der Waals surface area (Å²) in [5.41, 5.74) is 0.891. The molecule has 0 fully saturated rings. The van der Waals surface area contributed by atoms with Crippen LogP contribution in [0.15, 0.2) is 0 Å². The van der Waals surface area contributed by atoms with E-state index in [-0.39, 0.29) is 0 Å². The summed E-state index contributed by atoms with van der Waals surface area (Å²) in [7, 11) is 0. The molecule has 0 aliphatic rings. The van der Waals surface area contributed by atoms with Crippen molar-refractivity contribution in [3.8, 4) is 0 Å². The van der Waals surface area contributed by atoms with Crippen LogP contribution in [0.5, 0.6) is 0 Å². The van der Waals surface area contributed by atoms with E-state index in [2.05, 4.69) is 57.5 Å². The Kier molecular flexibility index (Phi) is 4.99. The van der Waals surface area contributed by atoms with Crippen molar-refractivity contribution >= 4 is 15.9 Å².